The number of aliphatic carboxylic acids is 1. The molecule has 2 amide bonds. The van der Waals surface area contributed by atoms with Gasteiger partial charge < -0.3 is 20.1 Å². The number of carbonyl (C=O) groups is 3. The Morgan fingerprint density at radius 1 is 1.03 bits per heavy atom. The van der Waals surface area contributed by atoms with Gasteiger partial charge >= 0.3 is 12.1 Å². The maximum absolute atomic E-state index is 13.1. The highest BCUT2D eigenvalue weighted by Gasteiger charge is 2.39. The number of hydrogen-bond acceptors (Lipinski definition) is 5. The molecule has 34 heavy (non-hydrogen) atoms. The molecule has 7 nitrogen and oxygen atoms in total. The Hall–Kier alpha value is -3.00. The van der Waals surface area contributed by atoms with E-state index in [0.29, 0.717) is 25.1 Å². The van der Waals surface area contributed by atoms with E-state index in [1.807, 2.05) is 24.3 Å². The Morgan fingerprint density at radius 2 is 1.71 bits per heavy atom. The first kappa shape index (κ1) is 22.8. The van der Waals surface area contributed by atoms with E-state index >= 15 is 0 Å². The molecule has 178 valence electrons. The minimum Gasteiger partial charge on any atom is -0.480 e. The summed E-state index contributed by atoms with van der Waals surface area (Å²) in [6.45, 7) is 0.989. The number of alkyl carbamates (subject to hydrolysis) is 1. The van der Waals surface area contributed by atoms with E-state index in [0.717, 1.165) is 17.5 Å². The molecule has 1 saturated carbocycles. The van der Waals surface area contributed by atoms with E-state index in [9.17, 15) is 19.5 Å². The normalized spacial score (nSPS) is 23.8. The molecule has 2 aromatic carbocycles. The van der Waals surface area contributed by atoms with Crippen molar-refractivity contribution in [3.8, 4) is 11.1 Å². The molecule has 1 heterocycles. The summed E-state index contributed by atoms with van der Waals surface area (Å²) >= 11 is 1.37. The number of benzene rings is 2. The summed E-state index contributed by atoms with van der Waals surface area (Å²) in [5.74, 6) is -0.689. The quantitative estimate of drug-likeness (QED) is 0.677. The average Bonchev–Trinajstić information content (AvgIpc) is 3.44. The van der Waals surface area contributed by atoms with Crippen molar-refractivity contribution in [3.05, 3.63) is 59.7 Å². The number of fused-ring (bicyclic) bond motifs is 3. The summed E-state index contributed by atoms with van der Waals surface area (Å²) in [6.07, 6.45) is 1.74. The van der Waals surface area contributed by atoms with Crippen LogP contribution >= 0.6 is 11.8 Å². The summed E-state index contributed by atoms with van der Waals surface area (Å²) in [6, 6.07) is 16.1. The number of carbonyl (C=O) groups excluding carboxylic acids is 2. The lowest BCUT2D eigenvalue weighted by molar-refractivity contribution is -0.139. The van der Waals surface area contributed by atoms with Crippen LogP contribution in [0.2, 0.25) is 0 Å². The second-order valence-corrected chi connectivity index (χ2v) is 10.4. The molecule has 1 aliphatic heterocycles. The van der Waals surface area contributed by atoms with Gasteiger partial charge in [-0.1, -0.05) is 55.0 Å². The maximum Gasteiger partial charge on any atom is 0.407 e. The third-order valence-electron chi connectivity index (χ3n) is 7.13. The second kappa shape index (κ2) is 9.70. The molecule has 0 aromatic heterocycles. The summed E-state index contributed by atoms with van der Waals surface area (Å²) in [5, 5.41) is 11.6. The van der Waals surface area contributed by atoms with Crippen LogP contribution in [-0.2, 0) is 14.3 Å². The van der Waals surface area contributed by atoms with E-state index in [4.69, 9.17) is 4.74 Å². The monoisotopic (exact) mass is 480 g/mol. The van der Waals surface area contributed by atoms with Gasteiger partial charge in [0.25, 0.3) is 0 Å². The molecule has 0 spiro atoms. The first-order chi connectivity index (χ1) is 16.5. The molecule has 2 N–H and O–H groups in total. The minimum atomic E-state index is -0.887. The molecule has 2 aliphatic carbocycles. The number of ether oxygens (including phenoxy) is 1. The van der Waals surface area contributed by atoms with Crippen molar-refractivity contribution in [2.45, 2.75) is 36.5 Å². The molecule has 1 saturated heterocycles. The maximum atomic E-state index is 13.1. The van der Waals surface area contributed by atoms with Gasteiger partial charge in [-0.2, -0.15) is 0 Å². The van der Waals surface area contributed by atoms with E-state index in [1.54, 1.807) is 4.90 Å². The van der Waals surface area contributed by atoms with Crippen LogP contribution in [0.5, 0.6) is 0 Å². The molecule has 3 aliphatic rings. The fraction of sp³-hybridized carbons (Fsp3) is 0.423. The van der Waals surface area contributed by atoms with Gasteiger partial charge in [0.1, 0.15) is 11.9 Å². The van der Waals surface area contributed by atoms with Crippen LogP contribution in [0.25, 0.3) is 11.1 Å². The van der Waals surface area contributed by atoms with Crippen LogP contribution in [0.4, 0.5) is 4.79 Å². The summed E-state index contributed by atoms with van der Waals surface area (Å²) < 4.78 is 5.67. The molecule has 0 radical (unpaired) electrons. The Balaban J connectivity index is 1.20. The van der Waals surface area contributed by atoms with E-state index in [2.05, 4.69) is 29.6 Å². The topological polar surface area (TPSA) is 95.9 Å². The first-order valence-electron chi connectivity index (χ1n) is 11.8. The third kappa shape index (κ3) is 4.39. The molecule has 2 fully saturated rings. The number of carboxylic acid groups (broad SMARTS) is 1. The Kier molecular flexibility index (Phi) is 6.50. The number of thioether (sulfide) groups is 1. The van der Waals surface area contributed by atoms with Crippen molar-refractivity contribution < 1.29 is 24.2 Å². The van der Waals surface area contributed by atoms with Gasteiger partial charge in [-0.05, 0) is 35.1 Å². The summed E-state index contributed by atoms with van der Waals surface area (Å²) in [4.78, 5) is 38.9. The lowest BCUT2D eigenvalue weighted by Gasteiger charge is -2.33. The zero-order valence-corrected chi connectivity index (χ0v) is 19.6. The molecule has 1 unspecified atom stereocenters. The van der Waals surface area contributed by atoms with E-state index in [-0.39, 0.29) is 36.9 Å². The lowest BCUT2D eigenvalue weighted by Crippen LogP contribution is -2.50. The molecular formula is C26H28N2O5S. The van der Waals surface area contributed by atoms with Gasteiger partial charge in [-0.15, -0.1) is 11.8 Å². The SMILES string of the molecule is O=C(N[C@H]1CCC[C@H]1C(=O)N1CCSC(C(=O)O)C1)OCC1c2ccccc2-c2ccccc21. The predicted molar refractivity (Wildman–Crippen MR) is 130 cm³/mol. The number of carboxylic acids is 1. The van der Waals surface area contributed by atoms with Gasteiger partial charge in [0, 0.05) is 30.8 Å². The molecule has 2 aromatic rings. The predicted octanol–water partition coefficient (Wildman–Crippen LogP) is 3.72. The zero-order chi connectivity index (χ0) is 23.7. The summed E-state index contributed by atoms with van der Waals surface area (Å²) in [5.41, 5.74) is 4.66. The van der Waals surface area contributed by atoms with Gasteiger partial charge in [0.05, 0.1) is 5.92 Å². The van der Waals surface area contributed by atoms with Crippen LogP contribution < -0.4 is 5.32 Å². The third-order valence-corrected chi connectivity index (χ3v) is 8.30. The van der Waals surface area contributed by atoms with Crippen molar-refractivity contribution in [1.82, 2.24) is 10.2 Å². The Labute approximate surface area is 202 Å². The molecular weight excluding hydrogens is 452 g/mol. The largest absolute Gasteiger partial charge is 0.480 e. The van der Waals surface area contributed by atoms with Gasteiger partial charge in [0.2, 0.25) is 5.91 Å². The molecule has 3 atom stereocenters. The fourth-order valence-corrected chi connectivity index (χ4v) is 6.49. The van der Waals surface area contributed by atoms with Crippen LogP contribution in [0.15, 0.2) is 48.5 Å². The zero-order valence-electron chi connectivity index (χ0n) is 18.8. The fourth-order valence-electron chi connectivity index (χ4n) is 5.45. The van der Waals surface area contributed by atoms with Crippen LogP contribution in [0.3, 0.4) is 0 Å². The van der Waals surface area contributed by atoms with Crippen molar-refractivity contribution >= 4 is 29.7 Å². The molecule has 0 bridgehead atoms. The number of nitrogens with one attached hydrogen (secondary N) is 1. The van der Waals surface area contributed by atoms with Crippen molar-refractivity contribution in [3.63, 3.8) is 0 Å². The first-order valence-corrected chi connectivity index (χ1v) is 12.8. The highest BCUT2D eigenvalue weighted by molar-refractivity contribution is 8.00. The van der Waals surface area contributed by atoms with E-state index < -0.39 is 17.3 Å². The van der Waals surface area contributed by atoms with Crippen LogP contribution in [0, 0.1) is 5.92 Å². The minimum absolute atomic E-state index is 0.0158. The summed E-state index contributed by atoms with van der Waals surface area (Å²) in [7, 11) is 0. The van der Waals surface area contributed by atoms with Crippen molar-refractivity contribution in [1.29, 1.82) is 0 Å². The van der Waals surface area contributed by atoms with Crippen molar-refractivity contribution in [2.75, 3.05) is 25.4 Å². The molecule has 8 heteroatoms. The highest BCUT2D eigenvalue weighted by atomic mass is 32.2. The Bertz CT molecular complexity index is 1060. The van der Waals surface area contributed by atoms with E-state index in [1.165, 1.54) is 22.9 Å². The number of rotatable bonds is 5. The second-order valence-electron chi connectivity index (χ2n) is 9.10. The number of amides is 2. The smallest absolute Gasteiger partial charge is 0.407 e. The average molecular weight is 481 g/mol. The lowest BCUT2D eigenvalue weighted by atomic mass is 9.98. The van der Waals surface area contributed by atoms with Gasteiger partial charge in [-0.3, -0.25) is 9.59 Å². The number of nitrogens with zero attached hydrogens (tertiary/aromatic N) is 1. The van der Waals surface area contributed by atoms with Crippen LogP contribution in [-0.4, -0.2) is 64.7 Å². The van der Waals surface area contributed by atoms with Crippen molar-refractivity contribution in [2.24, 2.45) is 5.92 Å². The standard InChI is InChI=1S/C26H28N2O5S/c29-24(28-12-13-34-23(14-28)25(30)31)20-10-5-11-22(20)27-26(32)33-15-21-18-8-3-1-6-16(18)17-7-2-4-9-19(17)21/h1-4,6-9,20-23H,5,10-15H2,(H,27,32)(H,30,31)/t20-,22+,23?/m1/s1. The van der Waals surface area contributed by atoms with Gasteiger partial charge in [0.15, 0.2) is 0 Å². The van der Waals surface area contributed by atoms with Crippen LogP contribution in [0.1, 0.15) is 36.3 Å². The number of hydrogen-bond donors (Lipinski definition) is 2. The molecule has 5 rings (SSSR count). The highest BCUT2D eigenvalue weighted by Crippen LogP contribution is 2.44. The Morgan fingerprint density at radius 3 is 2.38 bits per heavy atom. The van der Waals surface area contributed by atoms with Gasteiger partial charge in [-0.25, -0.2) is 4.79 Å².